The number of hydrogen-bond acceptors (Lipinski definition) is 1. The summed E-state index contributed by atoms with van der Waals surface area (Å²) in [4.78, 5) is 10.9. The average Bonchev–Trinajstić information content (AvgIpc) is 2.03. The van der Waals surface area contributed by atoms with Crippen LogP contribution in [0, 0.1) is 9.39 Å². The molecule has 0 radical (unpaired) electrons. The Hall–Kier alpha value is -0.160. The summed E-state index contributed by atoms with van der Waals surface area (Å²) in [6.07, 6.45) is 0. The van der Waals surface area contributed by atoms with Gasteiger partial charge in [0.1, 0.15) is 11.2 Å². The van der Waals surface area contributed by atoms with E-state index in [0.717, 1.165) is 3.57 Å². The minimum absolute atomic E-state index is 0.245. The second kappa shape index (κ2) is 4.37. The predicted molar refractivity (Wildman–Crippen MR) is 58.4 cm³/mol. The number of carbonyl (C=O) groups is 1. The Morgan fingerprint density at radius 1 is 1.62 bits per heavy atom. The summed E-state index contributed by atoms with van der Waals surface area (Å²) in [5.41, 5.74) is 0.245. The molecule has 1 aromatic rings. The minimum atomic E-state index is -0.878. The van der Waals surface area contributed by atoms with Crippen LogP contribution in [0.3, 0.4) is 0 Å². The maximum atomic E-state index is 13.2. The lowest BCUT2D eigenvalue weighted by atomic mass is 10.1. The van der Waals surface area contributed by atoms with Crippen molar-refractivity contribution in [2.45, 2.75) is 12.3 Å². The quantitative estimate of drug-likeness (QED) is 0.605. The minimum Gasteiger partial charge on any atom is -0.298 e. The molecule has 0 aliphatic heterocycles. The summed E-state index contributed by atoms with van der Waals surface area (Å²) in [6, 6.07) is 4.61. The molecule has 0 saturated carbocycles. The van der Waals surface area contributed by atoms with E-state index in [1.807, 2.05) is 22.6 Å². The first-order chi connectivity index (χ1) is 6.02. The van der Waals surface area contributed by atoms with Gasteiger partial charge in [0, 0.05) is 9.13 Å². The van der Waals surface area contributed by atoms with Gasteiger partial charge in [-0.15, -0.1) is 11.6 Å². The standard InChI is InChI=1S/C9H7ClFIO/c1-5(13)9(10)7-3-2-6(12)4-8(7)11/h2-4,9H,1H3. The highest BCUT2D eigenvalue weighted by Crippen LogP contribution is 2.25. The molecule has 1 unspecified atom stereocenters. The van der Waals surface area contributed by atoms with E-state index in [2.05, 4.69) is 0 Å². The zero-order valence-corrected chi connectivity index (χ0v) is 9.76. The molecule has 13 heavy (non-hydrogen) atoms. The van der Waals surface area contributed by atoms with Crippen LogP contribution in [0.4, 0.5) is 4.39 Å². The van der Waals surface area contributed by atoms with Gasteiger partial charge in [-0.25, -0.2) is 4.39 Å². The van der Waals surface area contributed by atoms with E-state index < -0.39 is 11.2 Å². The van der Waals surface area contributed by atoms with Gasteiger partial charge < -0.3 is 0 Å². The molecule has 1 aromatic carbocycles. The third kappa shape index (κ3) is 2.64. The van der Waals surface area contributed by atoms with E-state index in [1.54, 1.807) is 6.07 Å². The fourth-order valence-corrected chi connectivity index (χ4v) is 1.56. The Bertz CT molecular complexity index is 340. The monoisotopic (exact) mass is 312 g/mol. The van der Waals surface area contributed by atoms with Crippen molar-refractivity contribution < 1.29 is 9.18 Å². The summed E-state index contributed by atoms with van der Waals surface area (Å²) in [7, 11) is 0. The van der Waals surface area contributed by atoms with E-state index in [-0.39, 0.29) is 11.3 Å². The van der Waals surface area contributed by atoms with Gasteiger partial charge in [-0.05, 0) is 41.6 Å². The van der Waals surface area contributed by atoms with Gasteiger partial charge in [-0.3, -0.25) is 4.79 Å². The van der Waals surface area contributed by atoms with Crippen LogP contribution in [0.25, 0.3) is 0 Å². The number of carbonyl (C=O) groups excluding carboxylic acids is 1. The Labute approximate surface area is 94.4 Å². The van der Waals surface area contributed by atoms with Crippen molar-refractivity contribution in [3.63, 3.8) is 0 Å². The first kappa shape index (κ1) is 10.9. The number of Topliss-reactive ketones (excluding diaryl/α,β-unsaturated/α-hetero) is 1. The second-order valence-corrected chi connectivity index (χ2v) is 4.32. The molecule has 70 valence electrons. The molecule has 0 spiro atoms. The van der Waals surface area contributed by atoms with Crippen LogP contribution in [-0.2, 0) is 4.79 Å². The lowest BCUT2D eigenvalue weighted by Gasteiger charge is -2.06. The molecule has 1 atom stereocenters. The summed E-state index contributed by atoms with van der Waals surface area (Å²) in [5.74, 6) is -0.677. The van der Waals surface area contributed by atoms with E-state index in [1.165, 1.54) is 19.1 Å². The van der Waals surface area contributed by atoms with Crippen molar-refractivity contribution in [3.05, 3.63) is 33.1 Å². The smallest absolute Gasteiger partial charge is 0.152 e. The third-order valence-electron chi connectivity index (χ3n) is 1.59. The summed E-state index contributed by atoms with van der Waals surface area (Å²) >= 11 is 7.70. The van der Waals surface area contributed by atoms with Gasteiger partial charge in [0.2, 0.25) is 0 Å². The number of alkyl halides is 1. The molecule has 1 rings (SSSR count). The molecule has 0 aromatic heterocycles. The summed E-state index contributed by atoms with van der Waals surface area (Å²) < 4.78 is 14.0. The fourth-order valence-electron chi connectivity index (χ4n) is 0.926. The predicted octanol–water partition coefficient (Wildman–Crippen LogP) is 3.30. The van der Waals surface area contributed by atoms with Gasteiger partial charge in [-0.1, -0.05) is 6.07 Å². The van der Waals surface area contributed by atoms with Crippen molar-refractivity contribution in [2.75, 3.05) is 0 Å². The van der Waals surface area contributed by atoms with Crippen molar-refractivity contribution in [3.8, 4) is 0 Å². The average molecular weight is 313 g/mol. The summed E-state index contributed by atoms with van der Waals surface area (Å²) in [6.45, 7) is 1.34. The van der Waals surface area contributed by atoms with Crippen molar-refractivity contribution >= 4 is 40.0 Å². The molecule has 1 nitrogen and oxygen atoms in total. The molecule has 0 amide bonds. The van der Waals surface area contributed by atoms with Crippen LogP contribution in [0.2, 0.25) is 0 Å². The topological polar surface area (TPSA) is 17.1 Å². The highest BCUT2D eigenvalue weighted by Gasteiger charge is 2.16. The molecule has 0 heterocycles. The zero-order chi connectivity index (χ0) is 10.0. The van der Waals surface area contributed by atoms with Gasteiger partial charge in [0.25, 0.3) is 0 Å². The van der Waals surface area contributed by atoms with Crippen LogP contribution >= 0.6 is 34.2 Å². The maximum absolute atomic E-state index is 13.2. The Morgan fingerprint density at radius 2 is 2.23 bits per heavy atom. The second-order valence-electron chi connectivity index (χ2n) is 2.64. The number of halogens is 3. The van der Waals surface area contributed by atoms with Gasteiger partial charge in [0.05, 0.1) is 0 Å². The first-order valence-electron chi connectivity index (χ1n) is 3.62. The molecular weight excluding hydrogens is 305 g/mol. The number of rotatable bonds is 2. The third-order valence-corrected chi connectivity index (χ3v) is 2.81. The zero-order valence-electron chi connectivity index (χ0n) is 6.85. The highest BCUT2D eigenvalue weighted by atomic mass is 127. The van der Waals surface area contributed by atoms with Crippen LogP contribution in [0.5, 0.6) is 0 Å². The number of ketones is 1. The molecule has 0 aliphatic carbocycles. The van der Waals surface area contributed by atoms with Gasteiger partial charge >= 0.3 is 0 Å². The van der Waals surface area contributed by atoms with Crippen LogP contribution < -0.4 is 0 Å². The molecule has 0 fully saturated rings. The summed E-state index contributed by atoms with van der Waals surface area (Å²) in [5, 5.41) is -0.878. The first-order valence-corrected chi connectivity index (χ1v) is 5.13. The molecular formula is C9H7ClFIO. The van der Waals surface area contributed by atoms with Crippen LogP contribution in [0.1, 0.15) is 17.9 Å². The van der Waals surface area contributed by atoms with E-state index in [9.17, 15) is 9.18 Å². The van der Waals surface area contributed by atoms with Crippen LogP contribution in [0.15, 0.2) is 18.2 Å². The maximum Gasteiger partial charge on any atom is 0.152 e. The number of hydrogen-bond donors (Lipinski definition) is 0. The Morgan fingerprint density at radius 3 is 2.69 bits per heavy atom. The SMILES string of the molecule is CC(=O)C(Cl)c1ccc(I)cc1F. The lowest BCUT2D eigenvalue weighted by molar-refractivity contribution is -0.116. The molecule has 0 aliphatic rings. The number of benzene rings is 1. The van der Waals surface area contributed by atoms with E-state index in [0.29, 0.717) is 0 Å². The molecule has 0 N–H and O–H groups in total. The van der Waals surface area contributed by atoms with E-state index in [4.69, 9.17) is 11.6 Å². The van der Waals surface area contributed by atoms with Crippen molar-refractivity contribution in [2.24, 2.45) is 0 Å². The fraction of sp³-hybridized carbons (Fsp3) is 0.222. The van der Waals surface area contributed by atoms with Gasteiger partial charge in [-0.2, -0.15) is 0 Å². The van der Waals surface area contributed by atoms with Gasteiger partial charge in [0.15, 0.2) is 5.78 Å². The van der Waals surface area contributed by atoms with Crippen LogP contribution in [-0.4, -0.2) is 5.78 Å². The normalized spacial score (nSPS) is 12.6. The van der Waals surface area contributed by atoms with Crippen molar-refractivity contribution in [1.82, 2.24) is 0 Å². The molecule has 0 bridgehead atoms. The largest absolute Gasteiger partial charge is 0.298 e. The highest BCUT2D eigenvalue weighted by molar-refractivity contribution is 14.1. The van der Waals surface area contributed by atoms with E-state index >= 15 is 0 Å². The Balaban J connectivity index is 3.08. The molecule has 4 heteroatoms. The van der Waals surface area contributed by atoms with Crippen molar-refractivity contribution in [1.29, 1.82) is 0 Å². The molecule has 0 saturated heterocycles. The Kier molecular flexibility index (Phi) is 3.67. The lowest BCUT2D eigenvalue weighted by Crippen LogP contribution is -2.04.